The number of hydrogen-bond acceptors (Lipinski definition) is 7. The molecule has 196 valence electrons. The molecule has 7 rings (SSSR count). The van der Waals surface area contributed by atoms with Gasteiger partial charge in [0.05, 0.1) is 19.1 Å². The van der Waals surface area contributed by atoms with Crippen molar-refractivity contribution in [1.29, 1.82) is 0 Å². The zero-order valence-electron chi connectivity index (χ0n) is 21.4. The second-order valence-corrected chi connectivity index (χ2v) is 12.6. The van der Waals surface area contributed by atoms with Crippen molar-refractivity contribution in [2.24, 2.45) is 29.4 Å². The van der Waals surface area contributed by atoms with Crippen molar-refractivity contribution in [3.05, 3.63) is 40.5 Å². The minimum absolute atomic E-state index is 0.0400. The summed E-state index contributed by atoms with van der Waals surface area (Å²) in [5.74, 6) is 5.71. The van der Waals surface area contributed by atoms with Gasteiger partial charge in [0, 0.05) is 23.7 Å². The van der Waals surface area contributed by atoms with Crippen LogP contribution in [0.1, 0.15) is 49.8 Å². The number of carbonyl (C=O) groups is 1. The Hall–Kier alpha value is -2.29. The molecule has 2 aromatic rings. The molecule has 0 unspecified atom stereocenters. The molecule has 1 saturated heterocycles. The van der Waals surface area contributed by atoms with Crippen molar-refractivity contribution >= 4 is 40.3 Å². The van der Waals surface area contributed by atoms with E-state index in [-0.39, 0.29) is 11.9 Å². The summed E-state index contributed by atoms with van der Waals surface area (Å²) in [6.07, 6.45) is 9.89. The molecule has 4 saturated carbocycles. The van der Waals surface area contributed by atoms with E-state index in [9.17, 15) is 4.79 Å². The lowest BCUT2D eigenvalue weighted by Crippen LogP contribution is -2.57. The Morgan fingerprint density at radius 1 is 1.05 bits per heavy atom. The molecule has 4 aliphatic carbocycles. The van der Waals surface area contributed by atoms with Crippen molar-refractivity contribution in [3.63, 3.8) is 0 Å². The number of carbonyl (C=O) groups excluding carboxylic acids is 1. The highest BCUT2D eigenvalue weighted by Gasteiger charge is 2.53. The number of benzene rings is 1. The molecular weight excluding hydrogens is 504 g/mol. The van der Waals surface area contributed by atoms with E-state index in [1.54, 1.807) is 14.2 Å². The van der Waals surface area contributed by atoms with E-state index in [2.05, 4.69) is 0 Å². The first-order valence-corrected chi connectivity index (χ1v) is 14.5. The molecule has 4 bridgehead atoms. The smallest absolute Gasteiger partial charge is 0.266 e. The van der Waals surface area contributed by atoms with Crippen LogP contribution in [-0.2, 0) is 11.2 Å². The Morgan fingerprint density at radius 3 is 2.30 bits per heavy atom. The maximum absolute atomic E-state index is 13.8. The molecule has 37 heavy (non-hydrogen) atoms. The molecule has 2 heterocycles. The summed E-state index contributed by atoms with van der Waals surface area (Å²) < 4.78 is 18.0. The van der Waals surface area contributed by atoms with Gasteiger partial charge in [0.1, 0.15) is 27.3 Å². The standard InChI is InChI=1S/C29H34N2O4S2/c1-33-22-11-19(12-23(14-22)34-2)24-13-18(4-3-5-30)25(35-24)15-26-28(32)31(29(36)37-26)27-20-7-16-6-17(9-20)10-21(27)8-16/h11-17,20-21,27H,3-10,30H2,1-2H3/b26-15+. The number of thioether (sulfide) groups is 1. The number of thiocarbonyl (C=S) groups is 1. The SMILES string of the molecule is COc1cc(OC)cc(-c2cc(CCCN)c(/C=C3/SC(=S)N(C4C5CC6CC(C5)CC4C6)C3=O)o2)c1. The maximum atomic E-state index is 13.8. The predicted octanol–water partition coefficient (Wildman–Crippen LogP) is 5.88. The Kier molecular flexibility index (Phi) is 6.84. The van der Waals surface area contributed by atoms with Gasteiger partial charge < -0.3 is 19.6 Å². The highest BCUT2D eigenvalue weighted by Crippen LogP contribution is 2.56. The topological polar surface area (TPSA) is 77.9 Å². The number of ether oxygens (including phenoxy) is 2. The van der Waals surface area contributed by atoms with E-state index in [4.69, 9.17) is 31.8 Å². The molecule has 2 N–H and O–H groups in total. The van der Waals surface area contributed by atoms with Gasteiger partial charge in [-0.25, -0.2) is 0 Å². The molecule has 0 radical (unpaired) electrons. The van der Waals surface area contributed by atoms with Crippen LogP contribution in [0.4, 0.5) is 0 Å². The molecule has 5 fully saturated rings. The van der Waals surface area contributed by atoms with Gasteiger partial charge in [0.15, 0.2) is 0 Å². The van der Waals surface area contributed by atoms with Crippen molar-refractivity contribution in [3.8, 4) is 22.8 Å². The highest BCUT2D eigenvalue weighted by atomic mass is 32.2. The van der Waals surface area contributed by atoms with E-state index in [0.29, 0.717) is 50.6 Å². The second-order valence-electron chi connectivity index (χ2n) is 11.0. The van der Waals surface area contributed by atoms with E-state index < -0.39 is 0 Å². The third-order valence-corrected chi connectivity index (χ3v) is 10.0. The normalized spacial score (nSPS) is 29.5. The number of rotatable bonds is 8. The zero-order valence-corrected chi connectivity index (χ0v) is 23.0. The van der Waals surface area contributed by atoms with Gasteiger partial charge in [0.25, 0.3) is 5.91 Å². The van der Waals surface area contributed by atoms with Crippen LogP contribution in [0.2, 0.25) is 0 Å². The van der Waals surface area contributed by atoms with E-state index in [0.717, 1.165) is 35.8 Å². The molecule has 5 aliphatic rings. The minimum atomic E-state index is 0.0400. The summed E-state index contributed by atoms with van der Waals surface area (Å²) >= 11 is 7.22. The Morgan fingerprint density at radius 2 is 1.70 bits per heavy atom. The number of nitrogens with zero attached hydrogens (tertiary/aromatic N) is 1. The Balaban J connectivity index is 1.31. The average Bonchev–Trinajstić information content (AvgIpc) is 3.42. The fraction of sp³-hybridized carbons (Fsp3) is 0.517. The van der Waals surface area contributed by atoms with Crippen molar-refractivity contribution < 1.29 is 18.7 Å². The molecule has 0 atom stereocenters. The minimum Gasteiger partial charge on any atom is -0.497 e. The molecule has 1 aliphatic heterocycles. The summed E-state index contributed by atoms with van der Waals surface area (Å²) in [7, 11) is 3.26. The third kappa shape index (κ3) is 4.61. The number of amides is 1. The summed E-state index contributed by atoms with van der Waals surface area (Å²) in [4.78, 5) is 16.4. The summed E-state index contributed by atoms with van der Waals surface area (Å²) in [5.41, 5.74) is 7.70. The van der Waals surface area contributed by atoms with Gasteiger partial charge in [0.2, 0.25) is 0 Å². The van der Waals surface area contributed by atoms with Gasteiger partial charge in [-0.1, -0.05) is 24.0 Å². The van der Waals surface area contributed by atoms with Crippen LogP contribution in [0.5, 0.6) is 11.5 Å². The Bertz CT molecular complexity index is 1200. The second kappa shape index (κ2) is 10.1. The van der Waals surface area contributed by atoms with Crippen molar-refractivity contribution in [2.75, 3.05) is 20.8 Å². The number of furan rings is 1. The molecule has 0 spiro atoms. The quantitative estimate of drug-likeness (QED) is 0.332. The fourth-order valence-electron chi connectivity index (χ4n) is 7.32. The fourth-order valence-corrected chi connectivity index (χ4v) is 8.64. The van der Waals surface area contributed by atoms with Crippen LogP contribution in [-0.4, -0.2) is 41.9 Å². The first kappa shape index (κ1) is 25.0. The van der Waals surface area contributed by atoms with Crippen LogP contribution in [0, 0.1) is 23.7 Å². The van der Waals surface area contributed by atoms with Gasteiger partial charge >= 0.3 is 0 Å². The first-order valence-electron chi connectivity index (χ1n) is 13.3. The molecule has 1 amide bonds. The van der Waals surface area contributed by atoms with E-state index >= 15 is 0 Å². The van der Waals surface area contributed by atoms with Crippen molar-refractivity contribution in [1.82, 2.24) is 4.90 Å². The molecule has 1 aromatic carbocycles. The van der Waals surface area contributed by atoms with Crippen LogP contribution in [0.3, 0.4) is 0 Å². The lowest BCUT2D eigenvalue weighted by Gasteiger charge is -2.56. The summed E-state index contributed by atoms with van der Waals surface area (Å²) in [6, 6.07) is 7.97. The number of aryl methyl sites for hydroxylation is 1. The largest absolute Gasteiger partial charge is 0.497 e. The third-order valence-electron chi connectivity index (χ3n) is 8.69. The average molecular weight is 539 g/mol. The monoisotopic (exact) mass is 538 g/mol. The lowest BCUT2D eigenvalue weighted by molar-refractivity contribution is -0.130. The van der Waals surface area contributed by atoms with Gasteiger partial charge in [-0.3, -0.25) is 9.69 Å². The lowest BCUT2D eigenvalue weighted by atomic mass is 9.54. The van der Waals surface area contributed by atoms with Crippen LogP contribution in [0.25, 0.3) is 17.4 Å². The molecule has 8 heteroatoms. The number of methoxy groups -OCH3 is 2. The van der Waals surface area contributed by atoms with Crippen molar-refractivity contribution in [2.45, 2.75) is 51.0 Å². The maximum Gasteiger partial charge on any atom is 0.266 e. The summed E-state index contributed by atoms with van der Waals surface area (Å²) in [6.45, 7) is 0.585. The van der Waals surface area contributed by atoms with E-state index in [1.165, 1.54) is 43.9 Å². The molecule has 6 nitrogen and oxygen atoms in total. The van der Waals surface area contributed by atoms with Crippen LogP contribution < -0.4 is 15.2 Å². The molecular formula is C29H34N2O4S2. The first-order chi connectivity index (χ1) is 18.0. The zero-order chi connectivity index (χ0) is 25.7. The number of nitrogens with two attached hydrogens (primary N) is 1. The van der Waals surface area contributed by atoms with E-state index in [1.807, 2.05) is 35.2 Å². The van der Waals surface area contributed by atoms with Gasteiger partial charge in [-0.2, -0.15) is 0 Å². The van der Waals surface area contributed by atoms with Gasteiger partial charge in [-0.15, -0.1) is 0 Å². The Labute approximate surface area is 227 Å². The van der Waals surface area contributed by atoms with Gasteiger partial charge in [-0.05, 0) is 98.9 Å². The highest BCUT2D eigenvalue weighted by molar-refractivity contribution is 8.26. The molecule has 1 aromatic heterocycles. The van der Waals surface area contributed by atoms with Crippen LogP contribution in [0.15, 0.2) is 33.6 Å². The summed E-state index contributed by atoms with van der Waals surface area (Å²) in [5, 5.41) is 0. The van der Waals surface area contributed by atoms with Crippen LogP contribution >= 0.6 is 24.0 Å². The number of hydrogen-bond donors (Lipinski definition) is 1. The predicted molar refractivity (Wildman–Crippen MR) is 150 cm³/mol.